The van der Waals surface area contributed by atoms with Gasteiger partial charge in [0, 0.05) is 5.56 Å². The number of benzene rings is 1. The highest BCUT2D eigenvalue weighted by molar-refractivity contribution is 9.10. The first-order valence-corrected chi connectivity index (χ1v) is 9.73. The number of aromatic nitrogens is 1. The second-order valence-electron chi connectivity index (χ2n) is 5.18. The molecule has 0 atom stereocenters. The number of hydrogen-bond acceptors (Lipinski definition) is 3. The largest absolute Gasteiger partial charge is 0.295 e. The van der Waals surface area contributed by atoms with Crippen LogP contribution in [0.3, 0.4) is 0 Å². The van der Waals surface area contributed by atoms with E-state index < -0.39 is 10.1 Å². The lowest BCUT2D eigenvalue weighted by Crippen LogP contribution is -2.43. The van der Waals surface area contributed by atoms with E-state index in [1.54, 1.807) is 32.2 Å². The zero-order valence-corrected chi connectivity index (χ0v) is 17.4. The highest BCUT2D eigenvalue weighted by Gasteiger charge is 2.15. The average Bonchev–Trinajstić information content (AvgIpc) is 2.36. The first-order chi connectivity index (χ1) is 11.0. The van der Waals surface area contributed by atoms with E-state index in [1.165, 1.54) is 4.68 Å². The Morgan fingerprint density at radius 2 is 1.42 bits per heavy atom. The molecule has 0 aliphatic heterocycles. The maximum atomic E-state index is 10.9. The van der Waals surface area contributed by atoms with Gasteiger partial charge < -0.3 is 0 Å². The lowest BCUT2D eigenvalue weighted by atomic mass is 10.1. The molecule has 0 bridgehead atoms. The number of nitrogen functional groups attached to an aromatic ring is 1. The zero-order valence-electron chi connectivity index (χ0n) is 15.0. The molecule has 0 unspecified atom stereocenters. The van der Waals surface area contributed by atoms with Gasteiger partial charge in [-0.3, -0.25) is 4.55 Å². The van der Waals surface area contributed by atoms with E-state index in [1.807, 2.05) is 40.0 Å². The Morgan fingerprint density at radius 3 is 1.75 bits per heavy atom. The van der Waals surface area contributed by atoms with Crippen LogP contribution in [-0.4, -0.2) is 13.0 Å². The molecule has 7 heteroatoms. The number of nitrogens with zero attached hydrogens (tertiary/aromatic N) is 1. The number of halogens is 1. The molecule has 0 spiro atoms. The SMILES string of the molecule is CC.Cc1cc(Br)c[n+](N)c1.Cc1cc(C)c(S(=O)(=O)O)c(C)c1. The molecule has 0 saturated carbocycles. The van der Waals surface area contributed by atoms with Crippen molar-refractivity contribution in [2.45, 2.75) is 46.4 Å². The van der Waals surface area contributed by atoms with Crippen LogP contribution < -0.4 is 10.5 Å². The Bertz CT molecular complexity index is 717. The van der Waals surface area contributed by atoms with Gasteiger partial charge in [-0.15, -0.1) is 0 Å². The quantitative estimate of drug-likeness (QED) is 0.421. The minimum atomic E-state index is -4.08. The molecule has 5 nitrogen and oxygen atoms in total. The summed E-state index contributed by atoms with van der Waals surface area (Å²) in [7, 11) is -4.08. The standard InChI is InChI=1S/C9H12O3S.C6H8BrN2.C2H6/c1-6-4-7(2)9(8(3)5-6)13(10,11)12;1-5-2-6(7)4-9(8)3-5;1-2/h4-5H,1-3H3,(H,10,11,12);2-4H,8H2,1H3;1-2H3/q;+1;. The van der Waals surface area contributed by atoms with Crippen LogP contribution >= 0.6 is 15.9 Å². The Morgan fingerprint density at radius 1 is 0.958 bits per heavy atom. The second kappa shape index (κ2) is 9.76. The van der Waals surface area contributed by atoms with Crippen LogP contribution in [0.15, 0.2) is 40.0 Å². The third-order valence-corrected chi connectivity index (χ3v) is 4.45. The fraction of sp³-hybridized carbons (Fsp3) is 0.353. The van der Waals surface area contributed by atoms with Crippen molar-refractivity contribution >= 4 is 26.0 Å². The van der Waals surface area contributed by atoms with Gasteiger partial charge in [0.05, 0.1) is 9.37 Å². The third-order valence-electron chi connectivity index (χ3n) is 2.85. The molecule has 1 heterocycles. The second-order valence-corrected chi connectivity index (χ2v) is 7.46. The van der Waals surface area contributed by atoms with Gasteiger partial charge in [-0.2, -0.15) is 8.42 Å². The van der Waals surface area contributed by atoms with E-state index in [0.717, 1.165) is 15.6 Å². The Labute approximate surface area is 153 Å². The molecule has 0 aliphatic carbocycles. The summed E-state index contributed by atoms with van der Waals surface area (Å²) >= 11 is 3.31. The number of nitrogens with two attached hydrogens (primary N) is 1. The van der Waals surface area contributed by atoms with Gasteiger partial charge in [0.15, 0.2) is 0 Å². The van der Waals surface area contributed by atoms with Crippen LogP contribution in [0.1, 0.15) is 36.1 Å². The molecule has 3 N–H and O–H groups in total. The topological polar surface area (TPSA) is 84.3 Å². The highest BCUT2D eigenvalue weighted by Crippen LogP contribution is 2.20. The fourth-order valence-electron chi connectivity index (χ4n) is 2.28. The van der Waals surface area contributed by atoms with Gasteiger partial charge in [0.1, 0.15) is 0 Å². The number of aryl methyl sites for hydroxylation is 4. The molecule has 0 aliphatic rings. The molecule has 24 heavy (non-hydrogen) atoms. The predicted octanol–water partition coefficient (Wildman–Crippen LogP) is 3.64. The third kappa shape index (κ3) is 7.42. The van der Waals surface area contributed by atoms with E-state index in [2.05, 4.69) is 15.9 Å². The monoisotopic (exact) mass is 417 g/mol. The maximum absolute atomic E-state index is 10.9. The van der Waals surface area contributed by atoms with Gasteiger partial charge in [0.2, 0.25) is 12.4 Å². The normalized spacial score (nSPS) is 10.2. The van der Waals surface area contributed by atoms with Crippen LogP contribution in [0, 0.1) is 27.7 Å². The summed E-state index contributed by atoms with van der Waals surface area (Å²) in [5.41, 5.74) is 3.30. The molecule has 0 amide bonds. The van der Waals surface area contributed by atoms with E-state index in [-0.39, 0.29) is 4.90 Å². The van der Waals surface area contributed by atoms with Gasteiger partial charge in [-0.1, -0.05) is 36.2 Å². The summed E-state index contributed by atoms with van der Waals surface area (Å²) in [5.74, 6) is 5.45. The molecule has 0 radical (unpaired) electrons. The molecule has 1 aromatic heterocycles. The summed E-state index contributed by atoms with van der Waals surface area (Å²) in [4.78, 5) is 0.0260. The maximum Gasteiger partial charge on any atom is 0.295 e. The van der Waals surface area contributed by atoms with Crippen molar-refractivity contribution in [3.05, 3.63) is 57.3 Å². The number of hydrogen-bond donors (Lipinski definition) is 2. The lowest BCUT2D eigenvalue weighted by molar-refractivity contribution is -0.639. The van der Waals surface area contributed by atoms with E-state index in [9.17, 15) is 8.42 Å². The van der Waals surface area contributed by atoms with Crippen molar-refractivity contribution in [3.63, 3.8) is 0 Å². The van der Waals surface area contributed by atoms with Crippen molar-refractivity contribution in [3.8, 4) is 0 Å². The summed E-state index contributed by atoms with van der Waals surface area (Å²) in [6.07, 6.45) is 3.65. The number of pyridine rings is 1. The first kappa shape index (κ1) is 22.6. The van der Waals surface area contributed by atoms with Crippen molar-refractivity contribution in [2.24, 2.45) is 0 Å². The van der Waals surface area contributed by atoms with Crippen LogP contribution in [0.5, 0.6) is 0 Å². The van der Waals surface area contributed by atoms with Gasteiger partial charge in [-0.25, -0.2) is 5.84 Å². The van der Waals surface area contributed by atoms with Crippen LogP contribution in [0.4, 0.5) is 0 Å². The van der Waals surface area contributed by atoms with Crippen LogP contribution in [0.2, 0.25) is 0 Å². The molecule has 2 rings (SSSR count). The van der Waals surface area contributed by atoms with E-state index in [4.69, 9.17) is 10.4 Å². The predicted molar refractivity (Wildman–Crippen MR) is 101 cm³/mol. The molecule has 2 aromatic rings. The van der Waals surface area contributed by atoms with Crippen molar-refractivity contribution in [1.29, 1.82) is 0 Å². The minimum absolute atomic E-state index is 0.0260. The molecule has 0 fully saturated rings. The first-order valence-electron chi connectivity index (χ1n) is 7.49. The summed E-state index contributed by atoms with van der Waals surface area (Å²) in [6, 6.07) is 5.47. The Hall–Kier alpha value is -1.44. The number of rotatable bonds is 1. The lowest BCUT2D eigenvalue weighted by Gasteiger charge is -2.07. The summed E-state index contributed by atoms with van der Waals surface area (Å²) in [5, 5.41) is 0. The Balaban J connectivity index is 0.000000420. The average molecular weight is 418 g/mol. The van der Waals surface area contributed by atoms with Gasteiger partial charge >= 0.3 is 0 Å². The summed E-state index contributed by atoms with van der Waals surface area (Å²) in [6.45, 7) is 11.2. The van der Waals surface area contributed by atoms with Crippen molar-refractivity contribution < 1.29 is 17.6 Å². The smallest absolute Gasteiger partial charge is 0.282 e. The van der Waals surface area contributed by atoms with Crippen molar-refractivity contribution in [2.75, 3.05) is 5.84 Å². The molecule has 1 aromatic carbocycles. The van der Waals surface area contributed by atoms with Crippen LogP contribution in [0.25, 0.3) is 0 Å². The molecular formula is C17H26BrN2O3S+. The van der Waals surface area contributed by atoms with Crippen LogP contribution in [-0.2, 0) is 10.1 Å². The molecule has 0 saturated heterocycles. The highest BCUT2D eigenvalue weighted by atomic mass is 79.9. The minimum Gasteiger partial charge on any atom is -0.282 e. The van der Waals surface area contributed by atoms with Crippen molar-refractivity contribution in [1.82, 2.24) is 0 Å². The molecule has 134 valence electrons. The van der Waals surface area contributed by atoms with Gasteiger partial charge in [-0.05, 0) is 60.8 Å². The zero-order chi connectivity index (χ0) is 19.1. The Kier molecular flexibility index (Phi) is 9.17. The van der Waals surface area contributed by atoms with E-state index >= 15 is 0 Å². The van der Waals surface area contributed by atoms with Gasteiger partial charge in [0.25, 0.3) is 10.1 Å². The summed E-state index contributed by atoms with van der Waals surface area (Å²) < 4.78 is 33.3. The molecular weight excluding hydrogens is 392 g/mol. The van der Waals surface area contributed by atoms with E-state index in [0.29, 0.717) is 11.1 Å². The fourth-order valence-corrected chi connectivity index (χ4v) is 3.81.